The molecule has 1 rings (SSSR count). The van der Waals surface area contributed by atoms with Crippen LogP contribution in [0.4, 0.5) is 0 Å². The number of methoxy groups -OCH3 is 1. The van der Waals surface area contributed by atoms with E-state index in [1.807, 2.05) is 52.0 Å². The van der Waals surface area contributed by atoms with Gasteiger partial charge >= 0.3 is 0 Å². The van der Waals surface area contributed by atoms with Crippen LogP contribution in [0.5, 0.6) is 5.75 Å². The van der Waals surface area contributed by atoms with Crippen LogP contribution >= 0.6 is 0 Å². The molecule has 0 fully saturated rings. The van der Waals surface area contributed by atoms with Gasteiger partial charge in [-0.1, -0.05) is 18.2 Å². The van der Waals surface area contributed by atoms with E-state index in [0.717, 1.165) is 5.56 Å². The predicted molar refractivity (Wildman–Crippen MR) is 68.3 cm³/mol. The highest BCUT2D eigenvalue weighted by Gasteiger charge is 2.30. The number of rotatable bonds is 5. The van der Waals surface area contributed by atoms with Crippen LogP contribution in [0.2, 0.25) is 0 Å². The molecule has 0 saturated heterocycles. The summed E-state index contributed by atoms with van der Waals surface area (Å²) in [6, 6.07) is 7.51. The van der Waals surface area contributed by atoms with Crippen molar-refractivity contribution >= 4 is 0 Å². The molecule has 0 spiro atoms. The number of hydrogen-bond acceptors (Lipinski definition) is 3. The third kappa shape index (κ3) is 3.45. The molecule has 0 amide bonds. The Labute approximate surface area is 103 Å². The molecule has 1 aromatic carbocycles. The van der Waals surface area contributed by atoms with Crippen molar-refractivity contribution in [3.63, 3.8) is 0 Å². The SMILES string of the molecule is COC(C)(C)C(O)c1ccccc1OC(C)C. The van der Waals surface area contributed by atoms with Gasteiger partial charge in [0.25, 0.3) is 0 Å². The largest absolute Gasteiger partial charge is 0.491 e. The third-order valence-corrected chi connectivity index (χ3v) is 2.76. The van der Waals surface area contributed by atoms with Crippen LogP contribution in [-0.4, -0.2) is 23.9 Å². The fourth-order valence-corrected chi connectivity index (χ4v) is 1.55. The van der Waals surface area contributed by atoms with Gasteiger partial charge in [0.1, 0.15) is 11.9 Å². The minimum Gasteiger partial charge on any atom is -0.491 e. The molecule has 0 aromatic heterocycles. The lowest BCUT2D eigenvalue weighted by Gasteiger charge is -2.30. The van der Waals surface area contributed by atoms with E-state index in [4.69, 9.17) is 9.47 Å². The summed E-state index contributed by atoms with van der Waals surface area (Å²) in [4.78, 5) is 0. The van der Waals surface area contributed by atoms with Crippen LogP contribution in [-0.2, 0) is 4.74 Å². The molecule has 3 heteroatoms. The van der Waals surface area contributed by atoms with E-state index < -0.39 is 11.7 Å². The molecule has 96 valence electrons. The number of benzene rings is 1. The lowest BCUT2D eigenvalue weighted by Crippen LogP contribution is -2.31. The highest BCUT2D eigenvalue weighted by atomic mass is 16.5. The summed E-state index contributed by atoms with van der Waals surface area (Å²) in [5.41, 5.74) is 0.115. The van der Waals surface area contributed by atoms with E-state index in [-0.39, 0.29) is 6.10 Å². The van der Waals surface area contributed by atoms with Crippen molar-refractivity contribution in [2.75, 3.05) is 7.11 Å². The van der Waals surface area contributed by atoms with Crippen molar-refractivity contribution in [1.82, 2.24) is 0 Å². The molecule has 1 unspecified atom stereocenters. The zero-order valence-electron chi connectivity index (χ0n) is 11.2. The Hall–Kier alpha value is -1.06. The van der Waals surface area contributed by atoms with Gasteiger partial charge in [0.15, 0.2) is 0 Å². The molecule has 0 saturated carbocycles. The summed E-state index contributed by atoms with van der Waals surface area (Å²) in [6.07, 6.45) is -0.642. The molecular formula is C14H22O3. The summed E-state index contributed by atoms with van der Waals surface area (Å²) in [6.45, 7) is 7.63. The zero-order valence-corrected chi connectivity index (χ0v) is 11.2. The second-order valence-corrected chi connectivity index (χ2v) is 4.91. The van der Waals surface area contributed by atoms with Crippen molar-refractivity contribution in [2.24, 2.45) is 0 Å². The predicted octanol–water partition coefficient (Wildman–Crippen LogP) is 2.93. The highest BCUT2D eigenvalue weighted by molar-refractivity contribution is 5.36. The lowest BCUT2D eigenvalue weighted by atomic mass is 9.94. The van der Waals surface area contributed by atoms with Gasteiger partial charge in [0.05, 0.1) is 11.7 Å². The summed E-state index contributed by atoms with van der Waals surface area (Å²) >= 11 is 0. The Balaban J connectivity index is 3.04. The molecule has 0 aliphatic heterocycles. The molecule has 0 radical (unpaired) electrons. The third-order valence-electron chi connectivity index (χ3n) is 2.76. The number of aliphatic hydroxyl groups excluding tert-OH is 1. The molecule has 0 aliphatic carbocycles. The van der Waals surface area contributed by atoms with Crippen molar-refractivity contribution in [2.45, 2.75) is 45.5 Å². The van der Waals surface area contributed by atoms with Gasteiger partial charge in [0.2, 0.25) is 0 Å². The first-order chi connectivity index (χ1) is 7.88. The van der Waals surface area contributed by atoms with Crippen LogP contribution in [0.3, 0.4) is 0 Å². The van der Waals surface area contributed by atoms with Gasteiger partial charge < -0.3 is 14.6 Å². The average molecular weight is 238 g/mol. The second kappa shape index (κ2) is 5.52. The van der Waals surface area contributed by atoms with Crippen molar-refractivity contribution in [1.29, 1.82) is 0 Å². The van der Waals surface area contributed by atoms with Crippen LogP contribution < -0.4 is 4.74 Å². The van der Waals surface area contributed by atoms with Crippen LogP contribution in [0.1, 0.15) is 39.4 Å². The van der Waals surface area contributed by atoms with Gasteiger partial charge in [-0.15, -0.1) is 0 Å². The molecule has 0 bridgehead atoms. The van der Waals surface area contributed by atoms with E-state index in [2.05, 4.69) is 0 Å². The standard InChI is InChI=1S/C14H22O3/c1-10(2)17-12-9-7-6-8-11(12)13(15)14(3,4)16-5/h6-10,13,15H,1-5H3. The lowest BCUT2D eigenvalue weighted by molar-refractivity contribution is -0.0803. The van der Waals surface area contributed by atoms with E-state index in [9.17, 15) is 5.11 Å². The van der Waals surface area contributed by atoms with E-state index >= 15 is 0 Å². The summed E-state index contributed by atoms with van der Waals surface area (Å²) in [7, 11) is 1.59. The number of ether oxygens (including phenoxy) is 2. The van der Waals surface area contributed by atoms with Gasteiger partial charge in [-0.25, -0.2) is 0 Å². The smallest absolute Gasteiger partial charge is 0.125 e. The topological polar surface area (TPSA) is 38.7 Å². The fraction of sp³-hybridized carbons (Fsp3) is 0.571. The molecule has 1 N–H and O–H groups in total. The summed E-state index contributed by atoms with van der Waals surface area (Å²) in [5.74, 6) is 0.708. The van der Waals surface area contributed by atoms with Crippen LogP contribution in [0, 0.1) is 0 Å². The van der Waals surface area contributed by atoms with Gasteiger partial charge in [-0.05, 0) is 33.8 Å². The molecule has 17 heavy (non-hydrogen) atoms. The monoisotopic (exact) mass is 238 g/mol. The minimum atomic E-state index is -0.720. The molecule has 1 aromatic rings. The molecular weight excluding hydrogens is 216 g/mol. The maximum Gasteiger partial charge on any atom is 0.125 e. The Morgan fingerprint density at radius 1 is 1.18 bits per heavy atom. The van der Waals surface area contributed by atoms with Crippen molar-refractivity contribution in [3.8, 4) is 5.75 Å². The van der Waals surface area contributed by atoms with Crippen molar-refractivity contribution < 1.29 is 14.6 Å². The zero-order chi connectivity index (χ0) is 13.1. The highest BCUT2D eigenvalue weighted by Crippen LogP contribution is 2.34. The molecule has 1 atom stereocenters. The Kier molecular flexibility index (Phi) is 4.54. The first-order valence-corrected chi connectivity index (χ1v) is 5.87. The fourth-order valence-electron chi connectivity index (χ4n) is 1.55. The summed E-state index contributed by atoms with van der Waals surface area (Å²) < 4.78 is 11.0. The Morgan fingerprint density at radius 3 is 2.29 bits per heavy atom. The first kappa shape index (κ1) is 14.0. The average Bonchev–Trinajstić information content (AvgIpc) is 2.28. The van der Waals surface area contributed by atoms with Gasteiger partial charge in [0, 0.05) is 12.7 Å². The number of aliphatic hydroxyl groups is 1. The summed E-state index contributed by atoms with van der Waals surface area (Å²) in [5, 5.41) is 10.3. The minimum absolute atomic E-state index is 0.0778. The molecule has 3 nitrogen and oxygen atoms in total. The second-order valence-electron chi connectivity index (χ2n) is 4.91. The normalized spacial score (nSPS) is 13.8. The Bertz CT molecular complexity index is 358. The maximum absolute atomic E-state index is 10.3. The van der Waals surface area contributed by atoms with Gasteiger partial charge in [-0.3, -0.25) is 0 Å². The molecule has 0 heterocycles. The van der Waals surface area contributed by atoms with Gasteiger partial charge in [-0.2, -0.15) is 0 Å². The Morgan fingerprint density at radius 2 is 1.76 bits per heavy atom. The van der Waals surface area contributed by atoms with E-state index in [1.54, 1.807) is 7.11 Å². The first-order valence-electron chi connectivity index (χ1n) is 5.87. The van der Waals surface area contributed by atoms with Crippen LogP contribution in [0.15, 0.2) is 24.3 Å². The van der Waals surface area contributed by atoms with E-state index in [1.165, 1.54) is 0 Å². The number of hydrogen-bond donors (Lipinski definition) is 1. The quantitative estimate of drug-likeness (QED) is 0.857. The number of para-hydroxylation sites is 1. The van der Waals surface area contributed by atoms with Crippen molar-refractivity contribution in [3.05, 3.63) is 29.8 Å². The molecule has 0 aliphatic rings. The maximum atomic E-state index is 10.3. The van der Waals surface area contributed by atoms with Crippen LogP contribution in [0.25, 0.3) is 0 Å². The van der Waals surface area contributed by atoms with E-state index in [0.29, 0.717) is 5.75 Å².